The number of sulfonamides is 1. The van der Waals surface area contributed by atoms with Crippen LogP contribution in [0.15, 0.2) is 59.5 Å². The van der Waals surface area contributed by atoms with Crippen molar-refractivity contribution in [1.82, 2.24) is 4.31 Å². The van der Waals surface area contributed by atoms with Gasteiger partial charge in [0.15, 0.2) is 8.32 Å². The van der Waals surface area contributed by atoms with Crippen molar-refractivity contribution in [2.24, 2.45) is 0 Å². The first kappa shape index (κ1) is 21.2. The van der Waals surface area contributed by atoms with Gasteiger partial charge in [0.1, 0.15) is 0 Å². The molecular weight excluding hydrogens is 386 g/mol. The van der Waals surface area contributed by atoms with Crippen LogP contribution in [0.3, 0.4) is 0 Å². The Kier molecular flexibility index (Phi) is 5.62. The highest BCUT2D eigenvalue weighted by molar-refractivity contribution is 7.89. The van der Waals surface area contributed by atoms with Crippen molar-refractivity contribution in [2.45, 2.75) is 62.8 Å². The highest BCUT2D eigenvalue weighted by Crippen LogP contribution is 2.48. The van der Waals surface area contributed by atoms with Crippen molar-refractivity contribution < 1.29 is 12.8 Å². The van der Waals surface area contributed by atoms with Gasteiger partial charge in [-0.2, -0.15) is 4.31 Å². The molecule has 3 rings (SSSR count). The lowest BCUT2D eigenvalue weighted by atomic mass is 10.1. The second-order valence-electron chi connectivity index (χ2n) is 9.14. The van der Waals surface area contributed by atoms with Crippen molar-refractivity contribution in [3.05, 3.63) is 65.7 Å². The zero-order chi connectivity index (χ0) is 20.7. The summed E-state index contributed by atoms with van der Waals surface area (Å²) in [5.74, 6) is 0. The van der Waals surface area contributed by atoms with Crippen LogP contribution in [0.1, 0.15) is 37.9 Å². The molecule has 28 heavy (non-hydrogen) atoms. The molecule has 4 nitrogen and oxygen atoms in total. The zero-order valence-corrected chi connectivity index (χ0v) is 19.5. The maximum Gasteiger partial charge on any atom is 0.244 e. The summed E-state index contributed by atoms with van der Waals surface area (Å²) in [5.41, 5.74) is 2.06. The molecule has 0 bridgehead atoms. The molecule has 2 aromatic carbocycles. The van der Waals surface area contributed by atoms with Crippen molar-refractivity contribution in [2.75, 3.05) is 6.61 Å². The van der Waals surface area contributed by atoms with Gasteiger partial charge in [0, 0.05) is 0 Å². The molecule has 1 aliphatic rings. The predicted octanol–water partition coefficient (Wildman–Crippen LogP) is 5.13. The fourth-order valence-corrected chi connectivity index (χ4v) is 5.89. The quantitative estimate of drug-likeness (QED) is 0.483. The maximum absolute atomic E-state index is 13.3. The van der Waals surface area contributed by atoms with Crippen LogP contribution in [-0.2, 0) is 14.4 Å². The van der Waals surface area contributed by atoms with E-state index in [0.717, 1.165) is 11.1 Å². The van der Waals surface area contributed by atoms with Crippen molar-refractivity contribution in [1.29, 1.82) is 0 Å². The zero-order valence-electron chi connectivity index (χ0n) is 17.6. The molecule has 0 spiro atoms. The van der Waals surface area contributed by atoms with E-state index in [4.69, 9.17) is 4.43 Å². The van der Waals surface area contributed by atoms with E-state index < -0.39 is 18.3 Å². The largest absolute Gasteiger partial charge is 0.415 e. The van der Waals surface area contributed by atoms with Gasteiger partial charge in [-0.1, -0.05) is 68.8 Å². The van der Waals surface area contributed by atoms with Gasteiger partial charge in [0.2, 0.25) is 10.0 Å². The molecule has 0 amide bonds. The first-order chi connectivity index (χ1) is 12.9. The summed E-state index contributed by atoms with van der Waals surface area (Å²) >= 11 is 0. The lowest BCUT2D eigenvalue weighted by Gasteiger charge is -2.36. The molecule has 3 atom stereocenters. The monoisotopic (exact) mass is 417 g/mol. The molecule has 0 radical (unpaired) electrons. The molecular formula is C22H31NO3SSi. The predicted molar refractivity (Wildman–Crippen MR) is 116 cm³/mol. The van der Waals surface area contributed by atoms with Gasteiger partial charge >= 0.3 is 0 Å². The Balaban J connectivity index is 1.88. The molecule has 3 unspecified atom stereocenters. The fourth-order valence-electron chi connectivity index (χ4n) is 3.11. The average Bonchev–Trinajstić information content (AvgIpc) is 3.36. The molecule has 0 saturated carbocycles. The van der Waals surface area contributed by atoms with Crippen LogP contribution < -0.4 is 0 Å². The Bertz CT molecular complexity index is 919. The van der Waals surface area contributed by atoms with E-state index >= 15 is 0 Å². The standard InChI is InChI=1S/C22H31NO3SSi/c1-17-12-14-19(15-13-17)27(24,25)23-20(16-26-28(5,6)22(2,3)4)21(23)18-10-8-7-9-11-18/h7-15,20-21H,16H2,1-6H3. The second kappa shape index (κ2) is 7.41. The summed E-state index contributed by atoms with van der Waals surface area (Å²) in [4.78, 5) is 0.342. The van der Waals surface area contributed by atoms with E-state index in [-0.39, 0.29) is 17.1 Å². The molecule has 1 fully saturated rings. The smallest absolute Gasteiger partial charge is 0.244 e. The summed E-state index contributed by atoms with van der Waals surface area (Å²) < 4.78 is 34.6. The van der Waals surface area contributed by atoms with Crippen molar-refractivity contribution in [3.8, 4) is 0 Å². The van der Waals surface area contributed by atoms with E-state index in [1.165, 1.54) is 0 Å². The van der Waals surface area contributed by atoms with Gasteiger partial charge in [-0.05, 0) is 42.8 Å². The molecule has 1 heterocycles. The van der Waals surface area contributed by atoms with Crippen LogP contribution in [0.2, 0.25) is 18.1 Å². The Hall–Kier alpha value is -1.47. The van der Waals surface area contributed by atoms with Gasteiger partial charge in [0.25, 0.3) is 0 Å². The summed E-state index contributed by atoms with van der Waals surface area (Å²) in [6.45, 7) is 13.4. The molecule has 2 aromatic rings. The van der Waals surface area contributed by atoms with Crippen LogP contribution in [0, 0.1) is 6.92 Å². The number of hydrogen-bond donors (Lipinski definition) is 0. The maximum atomic E-state index is 13.3. The molecule has 0 aromatic heterocycles. The lowest BCUT2D eigenvalue weighted by Crippen LogP contribution is -2.42. The highest BCUT2D eigenvalue weighted by Gasteiger charge is 2.57. The number of nitrogens with zero attached hydrogens (tertiary/aromatic N) is 1. The van der Waals surface area contributed by atoms with Gasteiger partial charge in [0.05, 0.1) is 23.6 Å². The fraction of sp³-hybridized carbons (Fsp3) is 0.455. The molecule has 1 saturated heterocycles. The second-order valence-corrected chi connectivity index (χ2v) is 15.8. The van der Waals surface area contributed by atoms with E-state index in [9.17, 15) is 8.42 Å². The molecule has 0 aliphatic carbocycles. The Labute approximate surface area is 170 Å². The summed E-state index contributed by atoms with van der Waals surface area (Å²) in [6.07, 6.45) is 0. The normalized spacial score (nSPS) is 22.9. The lowest BCUT2D eigenvalue weighted by molar-refractivity contribution is 0.280. The molecule has 152 valence electrons. The van der Waals surface area contributed by atoms with Crippen LogP contribution in [0.25, 0.3) is 0 Å². The summed E-state index contributed by atoms with van der Waals surface area (Å²) in [7, 11) is -5.52. The molecule has 1 aliphatic heterocycles. The van der Waals surface area contributed by atoms with Crippen molar-refractivity contribution in [3.63, 3.8) is 0 Å². The van der Waals surface area contributed by atoms with Gasteiger partial charge in [-0.3, -0.25) is 0 Å². The number of benzene rings is 2. The summed E-state index contributed by atoms with van der Waals surface area (Å²) in [6, 6.07) is 16.6. The minimum absolute atomic E-state index is 0.0881. The van der Waals surface area contributed by atoms with Crippen molar-refractivity contribution >= 4 is 18.3 Å². The van der Waals surface area contributed by atoms with Crippen LogP contribution in [0.5, 0.6) is 0 Å². The molecule has 6 heteroatoms. The Morgan fingerprint density at radius 1 is 1.00 bits per heavy atom. The van der Waals surface area contributed by atoms with E-state index in [2.05, 4.69) is 33.9 Å². The van der Waals surface area contributed by atoms with E-state index in [1.54, 1.807) is 16.4 Å². The molecule has 0 N–H and O–H groups in total. The third-order valence-electron chi connectivity index (χ3n) is 6.03. The van der Waals surface area contributed by atoms with Crippen LogP contribution in [0.4, 0.5) is 0 Å². The number of hydrogen-bond acceptors (Lipinski definition) is 3. The Morgan fingerprint density at radius 3 is 2.11 bits per heavy atom. The third-order valence-corrected chi connectivity index (χ3v) is 12.5. The topological polar surface area (TPSA) is 46.4 Å². The van der Waals surface area contributed by atoms with E-state index in [0.29, 0.717) is 11.5 Å². The van der Waals surface area contributed by atoms with Crippen LogP contribution in [-0.4, -0.2) is 33.7 Å². The first-order valence-electron chi connectivity index (χ1n) is 9.74. The van der Waals surface area contributed by atoms with Gasteiger partial charge < -0.3 is 4.43 Å². The van der Waals surface area contributed by atoms with Gasteiger partial charge in [-0.15, -0.1) is 0 Å². The SMILES string of the molecule is Cc1ccc(S(=O)(=O)N2C(CO[Si](C)(C)C(C)(C)C)C2c2ccccc2)cc1. The highest BCUT2D eigenvalue weighted by atomic mass is 32.2. The van der Waals surface area contributed by atoms with E-state index in [1.807, 2.05) is 49.4 Å². The third kappa shape index (κ3) is 4.10. The average molecular weight is 418 g/mol. The minimum atomic E-state index is -3.56. The van der Waals surface area contributed by atoms with Crippen LogP contribution >= 0.6 is 0 Å². The number of aryl methyl sites for hydroxylation is 1. The first-order valence-corrected chi connectivity index (χ1v) is 14.1. The summed E-state index contributed by atoms with van der Waals surface area (Å²) in [5, 5.41) is 0.0881. The Morgan fingerprint density at radius 2 is 1.57 bits per heavy atom. The number of rotatable bonds is 6. The van der Waals surface area contributed by atoms with Gasteiger partial charge in [-0.25, -0.2) is 8.42 Å². The minimum Gasteiger partial charge on any atom is -0.415 e.